The van der Waals surface area contributed by atoms with Gasteiger partial charge in [0.05, 0.1) is 11.4 Å². The monoisotopic (exact) mass is 654 g/mol. The molecule has 7 aromatic carbocycles. The molecule has 0 unspecified atom stereocenters. The van der Waals surface area contributed by atoms with Crippen molar-refractivity contribution < 1.29 is 9.15 Å². The van der Waals surface area contributed by atoms with Gasteiger partial charge in [0.15, 0.2) is 11.5 Å². The first-order chi connectivity index (χ1) is 25.1. The molecule has 11 rings (SSSR count). The van der Waals surface area contributed by atoms with Crippen molar-refractivity contribution >= 4 is 68.2 Å². The molecule has 0 N–H and O–H groups in total. The van der Waals surface area contributed by atoms with Crippen LogP contribution in [0, 0.1) is 13.8 Å². The summed E-state index contributed by atoms with van der Waals surface area (Å²) in [4.78, 5) is 4.92. The summed E-state index contributed by atoms with van der Waals surface area (Å²) in [5.41, 5.74) is 17.6. The second kappa shape index (κ2) is 10.5. The fourth-order valence-electron chi connectivity index (χ4n) is 8.43. The lowest BCUT2D eigenvalue weighted by Gasteiger charge is -2.46. The Morgan fingerprint density at radius 3 is 2.06 bits per heavy atom. The molecule has 0 atom stereocenters. The van der Waals surface area contributed by atoms with Crippen molar-refractivity contribution in [1.29, 1.82) is 0 Å². The van der Waals surface area contributed by atoms with E-state index in [0.717, 1.165) is 50.9 Å². The van der Waals surface area contributed by atoms with Gasteiger partial charge in [-0.1, -0.05) is 78.9 Å². The topological polar surface area (TPSA) is 28.9 Å². The molecule has 0 radical (unpaired) electrons. The average Bonchev–Trinajstić information content (AvgIpc) is 3.61. The van der Waals surface area contributed by atoms with E-state index in [1.165, 1.54) is 55.7 Å². The minimum atomic E-state index is 0.0280. The highest BCUT2D eigenvalue weighted by Gasteiger charge is 2.46. The van der Waals surface area contributed by atoms with Gasteiger partial charge in [0.1, 0.15) is 11.3 Å². The molecule has 0 aliphatic carbocycles. The lowest BCUT2D eigenvalue weighted by Crippen LogP contribution is -2.61. The van der Waals surface area contributed by atoms with Crippen LogP contribution in [0.5, 0.6) is 11.5 Å². The van der Waals surface area contributed by atoms with Crippen LogP contribution in [0.1, 0.15) is 11.1 Å². The van der Waals surface area contributed by atoms with Gasteiger partial charge in [-0.25, -0.2) is 0 Å². The summed E-state index contributed by atoms with van der Waals surface area (Å²) in [5, 5.41) is 1.11. The third kappa shape index (κ3) is 4.09. The van der Waals surface area contributed by atoms with E-state index in [1.807, 2.05) is 18.2 Å². The van der Waals surface area contributed by atoms with Crippen LogP contribution in [-0.4, -0.2) is 6.71 Å². The number of rotatable bonds is 3. The lowest BCUT2D eigenvalue weighted by molar-refractivity contribution is 0.477. The zero-order valence-electron chi connectivity index (χ0n) is 28.2. The first kappa shape index (κ1) is 28.4. The van der Waals surface area contributed by atoms with E-state index >= 15 is 0 Å². The van der Waals surface area contributed by atoms with E-state index in [-0.39, 0.29) is 6.71 Å². The predicted molar refractivity (Wildman–Crippen MR) is 211 cm³/mol. The van der Waals surface area contributed by atoms with Gasteiger partial charge in [-0.3, -0.25) is 0 Å². The molecule has 4 nitrogen and oxygen atoms in total. The van der Waals surface area contributed by atoms with Gasteiger partial charge in [0.25, 0.3) is 6.71 Å². The number of ether oxygens (including phenoxy) is 1. The van der Waals surface area contributed by atoms with Gasteiger partial charge in [0.2, 0.25) is 0 Å². The van der Waals surface area contributed by atoms with Crippen molar-refractivity contribution in [2.45, 2.75) is 13.8 Å². The molecule has 1 aromatic heterocycles. The second-order valence-electron chi connectivity index (χ2n) is 13.9. The van der Waals surface area contributed by atoms with E-state index in [9.17, 15) is 0 Å². The smallest absolute Gasteiger partial charge is 0.252 e. The molecular formula is C46H31BN2O2. The fourth-order valence-corrected chi connectivity index (χ4v) is 8.43. The Morgan fingerprint density at radius 1 is 0.490 bits per heavy atom. The Morgan fingerprint density at radius 2 is 1.22 bits per heavy atom. The molecule has 0 spiro atoms. The molecule has 3 aliphatic heterocycles. The summed E-state index contributed by atoms with van der Waals surface area (Å²) in [5.74, 6) is 2.62. The van der Waals surface area contributed by atoms with E-state index in [4.69, 9.17) is 9.15 Å². The highest BCUT2D eigenvalue weighted by atomic mass is 16.5. The van der Waals surface area contributed by atoms with E-state index in [2.05, 4.69) is 157 Å². The minimum Gasteiger partial charge on any atom is -0.456 e. The largest absolute Gasteiger partial charge is 0.456 e. The third-order valence-electron chi connectivity index (χ3n) is 10.9. The van der Waals surface area contributed by atoms with Crippen LogP contribution in [0.25, 0.3) is 33.4 Å². The molecule has 0 saturated heterocycles. The Labute approximate surface area is 296 Å². The molecule has 8 aromatic rings. The quantitative estimate of drug-likeness (QED) is 0.177. The second-order valence-corrected chi connectivity index (χ2v) is 13.9. The van der Waals surface area contributed by atoms with Crippen molar-refractivity contribution in [2.24, 2.45) is 0 Å². The molecule has 4 heterocycles. The molecule has 51 heavy (non-hydrogen) atoms. The summed E-state index contributed by atoms with van der Waals surface area (Å²) in [6, 6.07) is 54.4. The molecule has 0 fully saturated rings. The normalized spacial score (nSPS) is 13.3. The van der Waals surface area contributed by atoms with Gasteiger partial charge < -0.3 is 19.0 Å². The van der Waals surface area contributed by atoms with Crippen LogP contribution < -0.4 is 30.9 Å². The Kier molecular flexibility index (Phi) is 5.86. The molecule has 5 heteroatoms. The zero-order valence-corrected chi connectivity index (χ0v) is 28.2. The Balaban J connectivity index is 1.20. The standard InChI is InChI=1S/C46H31BN2O2/c1-28-23-36-38(24-29(28)2)48(34-21-19-31(20-22-34)44-27-32-13-6-8-16-41(32)50-44)39-25-33(30-11-4-3-5-12-30)26-40-45(39)47(36)35-14-10-18-43-46(35)49(40)37-15-7-9-17-42(37)51-43/h3-27H,1-2H3. The number of hydrogen-bond donors (Lipinski definition) is 0. The Hall–Kier alpha value is -6.46. The molecule has 0 bridgehead atoms. The first-order valence-corrected chi connectivity index (χ1v) is 17.5. The number of hydrogen-bond acceptors (Lipinski definition) is 4. The third-order valence-corrected chi connectivity index (χ3v) is 10.9. The van der Waals surface area contributed by atoms with Crippen molar-refractivity contribution in [2.75, 3.05) is 9.80 Å². The summed E-state index contributed by atoms with van der Waals surface area (Å²) in [6.45, 7) is 4.48. The molecule has 240 valence electrons. The van der Waals surface area contributed by atoms with Crippen LogP contribution in [0.4, 0.5) is 34.1 Å². The van der Waals surface area contributed by atoms with Crippen LogP contribution in [-0.2, 0) is 0 Å². The number of benzene rings is 7. The summed E-state index contributed by atoms with van der Waals surface area (Å²) in [7, 11) is 0. The van der Waals surface area contributed by atoms with Gasteiger partial charge in [0, 0.05) is 33.7 Å². The van der Waals surface area contributed by atoms with Gasteiger partial charge >= 0.3 is 0 Å². The summed E-state index contributed by atoms with van der Waals surface area (Å²) in [6.07, 6.45) is 0. The zero-order chi connectivity index (χ0) is 33.8. The van der Waals surface area contributed by atoms with Gasteiger partial charge in [-0.15, -0.1) is 0 Å². The number of furan rings is 1. The van der Waals surface area contributed by atoms with Crippen LogP contribution in [0.15, 0.2) is 156 Å². The number of nitrogens with zero attached hydrogens (tertiary/aromatic N) is 2. The minimum absolute atomic E-state index is 0.0280. The molecule has 3 aliphatic rings. The number of fused-ring (bicyclic) bond motifs is 7. The molecular weight excluding hydrogens is 623 g/mol. The highest BCUT2D eigenvalue weighted by molar-refractivity contribution is 7.00. The fraction of sp³-hybridized carbons (Fsp3) is 0.0435. The maximum Gasteiger partial charge on any atom is 0.252 e. The SMILES string of the molecule is Cc1cc2c(cc1C)N(c1ccc(-c3cc4ccccc4o3)cc1)c1cc(-c3ccccc3)cc3c1B2c1cccc2c1N3c1ccccc1O2. The maximum atomic E-state index is 6.62. The van der Waals surface area contributed by atoms with Gasteiger partial charge in [-0.05, 0) is 125 Å². The van der Waals surface area contributed by atoms with Crippen molar-refractivity contribution in [1.82, 2.24) is 0 Å². The first-order valence-electron chi connectivity index (χ1n) is 17.5. The van der Waals surface area contributed by atoms with E-state index in [0.29, 0.717) is 0 Å². The maximum absolute atomic E-state index is 6.62. The van der Waals surface area contributed by atoms with Gasteiger partial charge in [-0.2, -0.15) is 0 Å². The van der Waals surface area contributed by atoms with Crippen LogP contribution in [0.3, 0.4) is 0 Å². The molecule has 0 amide bonds. The van der Waals surface area contributed by atoms with Crippen LogP contribution in [0.2, 0.25) is 0 Å². The predicted octanol–water partition coefficient (Wildman–Crippen LogP) is 10.6. The van der Waals surface area contributed by atoms with Crippen molar-refractivity contribution in [3.8, 4) is 33.9 Å². The lowest BCUT2D eigenvalue weighted by atomic mass is 9.33. The number of anilines is 6. The van der Waals surface area contributed by atoms with E-state index in [1.54, 1.807) is 0 Å². The molecule has 0 saturated carbocycles. The highest BCUT2D eigenvalue weighted by Crippen LogP contribution is 2.53. The summed E-state index contributed by atoms with van der Waals surface area (Å²) >= 11 is 0. The van der Waals surface area contributed by atoms with Crippen molar-refractivity contribution in [3.05, 3.63) is 163 Å². The Bertz CT molecular complexity index is 2680. The average molecular weight is 655 g/mol. The van der Waals surface area contributed by atoms with E-state index < -0.39 is 0 Å². The summed E-state index contributed by atoms with van der Waals surface area (Å²) < 4.78 is 12.9. The number of para-hydroxylation sites is 4. The van der Waals surface area contributed by atoms with Crippen molar-refractivity contribution in [3.63, 3.8) is 0 Å². The number of aryl methyl sites for hydroxylation is 2. The van der Waals surface area contributed by atoms with Crippen LogP contribution >= 0.6 is 0 Å².